The summed E-state index contributed by atoms with van der Waals surface area (Å²) in [6, 6.07) is 0. The minimum absolute atomic E-state index is 0.00945. The van der Waals surface area contributed by atoms with Crippen LogP contribution in [0, 0.1) is 62.3 Å². The van der Waals surface area contributed by atoms with Gasteiger partial charge in [0.05, 0.1) is 0 Å². The number of benzene rings is 6. The summed E-state index contributed by atoms with van der Waals surface area (Å²) in [5.41, 5.74) is 18.4. The van der Waals surface area contributed by atoms with E-state index in [4.69, 9.17) is 0 Å². The fourth-order valence-corrected chi connectivity index (χ4v) is 11.0. The van der Waals surface area contributed by atoms with E-state index in [2.05, 4.69) is 96.9 Å². The third kappa shape index (κ3) is 1.94. The molecule has 0 bridgehead atoms. The van der Waals surface area contributed by atoms with E-state index in [0.717, 1.165) is 0 Å². The fraction of sp³-hybridized carbons (Fsp3) is 0.436. The maximum absolute atomic E-state index is 2.62. The number of rotatable bonds is 0. The molecular formula is C39H42. The Hall–Kier alpha value is -2.86. The van der Waals surface area contributed by atoms with Crippen LogP contribution in [-0.4, -0.2) is 0 Å². The molecule has 0 fully saturated rings. The molecule has 0 heterocycles. The largest absolute Gasteiger partial charge is 0.0549 e. The maximum Gasteiger partial charge on any atom is 0.0121 e. The third-order valence-corrected chi connectivity index (χ3v) is 13.5. The van der Waals surface area contributed by atoms with E-state index in [1.807, 2.05) is 0 Å². The lowest BCUT2D eigenvalue weighted by Crippen LogP contribution is -2.50. The molecule has 0 heteroatoms. The molecule has 0 saturated heterocycles. The van der Waals surface area contributed by atoms with Crippen molar-refractivity contribution >= 4 is 53.9 Å². The summed E-state index contributed by atoms with van der Waals surface area (Å²) in [4.78, 5) is 0. The van der Waals surface area contributed by atoms with Crippen molar-refractivity contribution in [1.29, 1.82) is 0 Å². The van der Waals surface area contributed by atoms with Crippen molar-refractivity contribution in [3.8, 4) is 0 Å². The van der Waals surface area contributed by atoms with Crippen LogP contribution in [0.4, 0.5) is 0 Å². The van der Waals surface area contributed by atoms with E-state index in [9.17, 15) is 0 Å². The normalized spacial score (nSPS) is 21.1. The summed E-state index contributed by atoms with van der Waals surface area (Å²) in [5.74, 6) is 0. The number of hydrogen-bond donors (Lipinski definition) is 0. The Labute approximate surface area is 233 Å². The van der Waals surface area contributed by atoms with E-state index in [1.54, 1.807) is 49.0 Å². The second kappa shape index (κ2) is 6.22. The lowest BCUT2D eigenvalue weighted by Gasteiger charge is -2.49. The highest BCUT2D eigenvalue weighted by Gasteiger charge is 2.64. The van der Waals surface area contributed by atoms with Gasteiger partial charge in [-0.05, 0) is 183 Å². The Morgan fingerprint density at radius 1 is 0.256 bits per heavy atom. The van der Waals surface area contributed by atoms with Crippen LogP contribution in [0.25, 0.3) is 53.9 Å². The smallest absolute Gasteiger partial charge is 0.0121 e. The van der Waals surface area contributed by atoms with Crippen LogP contribution in [0.5, 0.6) is 0 Å². The molecule has 0 saturated carbocycles. The van der Waals surface area contributed by atoms with Gasteiger partial charge in [-0.15, -0.1) is 0 Å². The van der Waals surface area contributed by atoms with Crippen LogP contribution in [0.2, 0.25) is 0 Å². The van der Waals surface area contributed by atoms with Crippen LogP contribution in [0.15, 0.2) is 0 Å². The first-order valence-electron chi connectivity index (χ1n) is 15.0. The van der Waals surface area contributed by atoms with Crippen molar-refractivity contribution in [2.75, 3.05) is 0 Å². The molecular weight excluding hydrogens is 468 g/mol. The van der Waals surface area contributed by atoms with Crippen molar-refractivity contribution in [3.05, 3.63) is 66.8 Å². The Bertz CT molecular complexity index is 2190. The van der Waals surface area contributed by atoms with Gasteiger partial charge < -0.3 is 0 Å². The summed E-state index contributed by atoms with van der Waals surface area (Å²) >= 11 is 0. The second-order valence-corrected chi connectivity index (χ2v) is 14.9. The standard InChI is InChI=1S/C39H42/c1-15-16(2)25-22(8)26-19(5)18(4)24-20(6)21(7)34-32-30(24)29(26)31-28(25)27(17(15)3)23(9)35-33(31)36(32)39(14,37(34,10)11)38(35,12)13/h1-14H3. The molecule has 0 radical (unpaired) electrons. The van der Waals surface area contributed by atoms with Crippen molar-refractivity contribution in [1.82, 2.24) is 0 Å². The van der Waals surface area contributed by atoms with Crippen LogP contribution >= 0.6 is 0 Å². The van der Waals surface area contributed by atoms with Crippen molar-refractivity contribution < 1.29 is 0 Å². The third-order valence-electron chi connectivity index (χ3n) is 13.5. The summed E-state index contributed by atoms with van der Waals surface area (Å²) < 4.78 is 0. The summed E-state index contributed by atoms with van der Waals surface area (Å²) in [6.45, 7) is 34.5. The van der Waals surface area contributed by atoms with Gasteiger partial charge in [-0.25, -0.2) is 0 Å². The molecule has 1 unspecified atom stereocenters. The van der Waals surface area contributed by atoms with Gasteiger partial charge >= 0.3 is 0 Å². The van der Waals surface area contributed by atoms with Crippen LogP contribution in [0.3, 0.4) is 0 Å². The first kappa shape index (κ1) is 24.0. The summed E-state index contributed by atoms with van der Waals surface area (Å²) in [6.07, 6.45) is 0. The SMILES string of the molecule is Cc1c(C)c2c(C)c3c4c5c6c(c(C)c(C)c7c(C)c(C)c8c(C)c(c1C)c2c4c8c76)C(C)(C)C5(C)C3(C)C. The molecule has 0 nitrogen and oxygen atoms in total. The topological polar surface area (TPSA) is 0 Å². The number of hydrogen-bond acceptors (Lipinski definition) is 0. The minimum Gasteiger partial charge on any atom is -0.0549 e. The average molecular weight is 511 g/mol. The van der Waals surface area contributed by atoms with Crippen LogP contribution in [0.1, 0.15) is 101 Å². The van der Waals surface area contributed by atoms with Gasteiger partial charge in [0.2, 0.25) is 0 Å². The molecule has 0 spiro atoms. The van der Waals surface area contributed by atoms with Crippen LogP contribution < -0.4 is 0 Å². The second-order valence-electron chi connectivity index (χ2n) is 14.9. The van der Waals surface area contributed by atoms with Gasteiger partial charge in [0.1, 0.15) is 0 Å². The molecule has 2 aliphatic rings. The van der Waals surface area contributed by atoms with E-state index in [-0.39, 0.29) is 16.2 Å². The van der Waals surface area contributed by atoms with E-state index >= 15 is 0 Å². The van der Waals surface area contributed by atoms with Crippen LogP contribution in [-0.2, 0) is 16.2 Å². The lowest BCUT2D eigenvalue weighted by atomic mass is 9.53. The molecule has 1 atom stereocenters. The first-order chi connectivity index (χ1) is 18.1. The van der Waals surface area contributed by atoms with Crippen molar-refractivity contribution in [2.24, 2.45) is 0 Å². The molecule has 6 aromatic carbocycles. The van der Waals surface area contributed by atoms with Gasteiger partial charge in [0.25, 0.3) is 0 Å². The molecule has 39 heavy (non-hydrogen) atoms. The first-order valence-corrected chi connectivity index (χ1v) is 15.0. The molecule has 2 aliphatic carbocycles. The zero-order chi connectivity index (χ0) is 28.2. The Morgan fingerprint density at radius 2 is 0.564 bits per heavy atom. The van der Waals surface area contributed by atoms with Gasteiger partial charge in [-0.1, -0.05) is 34.6 Å². The molecule has 0 aromatic heterocycles. The van der Waals surface area contributed by atoms with Gasteiger partial charge in [0, 0.05) is 16.2 Å². The predicted molar refractivity (Wildman–Crippen MR) is 172 cm³/mol. The summed E-state index contributed by atoms with van der Waals surface area (Å²) in [5, 5.41) is 15.6. The van der Waals surface area contributed by atoms with Crippen molar-refractivity contribution in [3.63, 3.8) is 0 Å². The zero-order valence-corrected chi connectivity index (χ0v) is 26.5. The quantitative estimate of drug-likeness (QED) is 0.141. The van der Waals surface area contributed by atoms with Crippen molar-refractivity contribution in [2.45, 2.75) is 113 Å². The predicted octanol–water partition coefficient (Wildman–Crippen LogP) is 10.9. The Kier molecular flexibility index (Phi) is 3.82. The monoisotopic (exact) mass is 510 g/mol. The molecule has 198 valence electrons. The lowest BCUT2D eigenvalue weighted by molar-refractivity contribution is 0.185. The minimum atomic E-state index is 0.00945. The van der Waals surface area contributed by atoms with Gasteiger partial charge in [-0.3, -0.25) is 0 Å². The highest BCUT2D eigenvalue weighted by Crippen LogP contribution is 2.72. The molecule has 0 amide bonds. The maximum atomic E-state index is 2.62. The summed E-state index contributed by atoms with van der Waals surface area (Å²) in [7, 11) is 0. The number of aryl methyl sites for hydroxylation is 7. The fourth-order valence-electron chi connectivity index (χ4n) is 11.0. The molecule has 6 aromatic rings. The Morgan fingerprint density at radius 3 is 1.08 bits per heavy atom. The van der Waals surface area contributed by atoms with Gasteiger partial charge in [0.15, 0.2) is 0 Å². The highest BCUT2D eigenvalue weighted by molar-refractivity contribution is 6.42. The Balaban J connectivity index is 1.95. The van der Waals surface area contributed by atoms with Gasteiger partial charge in [-0.2, -0.15) is 0 Å². The average Bonchev–Trinajstić information content (AvgIpc) is 3.17. The zero-order valence-electron chi connectivity index (χ0n) is 26.5. The van der Waals surface area contributed by atoms with E-state index in [1.165, 1.54) is 71.6 Å². The highest BCUT2D eigenvalue weighted by atomic mass is 14.7. The molecule has 8 rings (SSSR count). The van der Waals surface area contributed by atoms with E-state index < -0.39 is 0 Å². The molecule has 0 N–H and O–H groups in total. The van der Waals surface area contributed by atoms with E-state index in [0.29, 0.717) is 0 Å². The molecule has 0 aliphatic heterocycles.